The van der Waals surface area contributed by atoms with Gasteiger partial charge in [0.1, 0.15) is 5.75 Å². The number of rotatable bonds is 7. The lowest BCUT2D eigenvalue weighted by molar-refractivity contribution is -0.133. The van der Waals surface area contributed by atoms with E-state index in [2.05, 4.69) is 5.32 Å². The largest absolute Gasteiger partial charge is 0.497 e. The topological polar surface area (TPSA) is 96.0 Å². The van der Waals surface area contributed by atoms with Crippen molar-refractivity contribution in [1.82, 2.24) is 14.5 Å². The number of ether oxygens (including phenoxy) is 1. The Kier molecular flexibility index (Phi) is 7.76. The standard InChI is InChI=1S/C24H31N3O5S/c1-17-5-10-22(15-18(17)2)33(30,31)27-13-11-26(12-14-27)24(29)16-23(25-19(3)28)20-6-8-21(32-4)9-7-20/h5-10,15,23H,11-14,16H2,1-4H3,(H,25,28)/t23-/m0/s1. The third kappa shape index (κ3) is 5.91. The molecule has 1 N–H and O–H groups in total. The first kappa shape index (κ1) is 24.7. The van der Waals surface area contributed by atoms with Gasteiger partial charge in [0.15, 0.2) is 0 Å². The maximum absolute atomic E-state index is 13.0. The summed E-state index contributed by atoms with van der Waals surface area (Å²) in [7, 11) is -2.04. The van der Waals surface area contributed by atoms with Gasteiger partial charge in [0.25, 0.3) is 0 Å². The molecule has 1 saturated heterocycles. The number of hydrogen-bond acceptors (Lipinski definition) is 5. The van der Waals surface area contributed by atoms with Gasteiger partial charge in [-0.05, 0) is 54.8 Å². The van der Waals surface area contributed by atoms with Crippen molar-refractivity contribution in [3.8, 4) is 5.75 Å². The van der Waals surface area contributed by atoms with Crippen LogP contribution in [-0.4, -0.2) is 62.7 Å². The minimum absolute atomic E-state index is 0.0931. The zero-order chi connectivity index (χ0) is 24.2. The Morgan fingerprint density at radius 2 is 1.64 bits per heavy atom. The number of carbonyl (C=O) groups is 2. The van der Waals surface area contributed by atoms with Crippen LogP contribution in [-0.2, 0) is 19.6 Å². The van der Waals surface area contributed by atoms with Crippen molar-refractivity contribution in [2.24, 2.45) is 0 Å². The fraction of sp³-hybridized carbons (Fsp3) is 0.417. The van der Waals surface area contributed by atoms with Crippen LogP contribution >= 0.6 is 0 Å². The van der Waals surface area contributed by atoms with Crippen molar-refractivity contribution in [2.45, 2.75) is 38.1 Å². The van der Waals surface area contributed by atoms with E-state index in [4.69, 9.17) is 4.74 Å². The summed E-state index contributed by atoms with van der Waals surface area (Å²) >= 11 is 0. The third-order valence-electron chi connectivity index (χ3n) is 5.98. The van der Waals surface area contributed by atoms with E-state index in [9.17, 15) is 18.0 Å². The van der Waals surface area contributed by atoms with Crippen molar-refractivity contribution in [3.05, 3.63) is 59.2 Å². The summed E-state index contributed by atoms with van der Waals surface area (Å²) in [6.45, 7) is 6.31. The lowest BCUT2D eigenvalue weighted by Crippen LogP contribution is -2.51. The molecule has 0 radical (unpaired) electrons. The van der Waals surface area contributed by atoms with E-state index in [0.29, 0.717) is 18.8 Å². The molecule has 0 spiro atoms. The van der Waals surface area contributed by atoms with Gasteiger partial charge in [0, 0.05) is 33.1 Å². The van der Waals surface area contributed by atoms with Crippen LogP contribution in [0.5, 0.6) is 5.75 Å². The van der Waals surface area contributed by atoms with Crippen LogP contribution in [0.15, 0.2) is 47.4 Å². The summed E-state index contributed by atoms with van der Waals surface area (Å²) in [5.74, 6) is 0.327. The molecule has 9 heteroatoms. The van der Waals surface area contributed by atoms with Crippen LogP contribution < -0.4 is 10.1 Å². The number of benzene rings is 2. The minimum atomic E-state index is -3.61. The Balaban J connectivity index is 1.65. The lowest BCUT2D eigenvalue weighted by Gasteiger charge is -2.35. The zero-order valence-corrected chi connectivity index (χ0v) is 20.3. The van der Waals surface area contributed by atoms with Crippen LogP contribution in [0.4, 0.5) is 0 Å². The van der Waals surface area contributed by atoms with Crippen molar-refractivity contribution in [3.63, 3.8) is 0 Å². The summed E-state index contributed by atoms with van der Waals surface area (Å²) in [6.07, 6.45) is 0.0931. The molecule has 0 aromatic heterocycles. The molecule has 0 unspecified atom stereocenters. The Bertz CT molecular complexity index is 1110. The highest BCUT2D eigenvalue weighted by molar-refractivity contribution is 7.89. The van der Waals surface area contributed by atoms with E-state index < -0.39 is 16.1 Å². The first-order valence-corrected chi connectivity index (χ1v) is 12.3. The van der Waals surface area contributed by atoms with E-state index in [1.165, 1.54) is 11.2 Å². The highest BCUT2D eigenvalue weighted by Crippen LogP contribution is 2.23. The number of nitrogens with zero attached hydrogens (tertiary/aromatic N) is 2. The number of hydrogen-bond donors (Lipinski definition) is 1. The van der Waals surface area contributed by atoms with E-state index >= 15 is 0 Å². The maximum atomic E-state index is 13.0. The molecule has 3 rings (SSSR count). The second kappa shape index (κ2) is 10.4. The second-order valence-electron chi connectivity index (χ2n) is 8.26. The van der Waals surface area contributed by atoms with Gasteiger partial charge >= 0.3 is 0 Å². The Hall–Kier alpha value is -2.91. The van der Waals surface area contributed by atoms with Gasteiger partial charge in [-0.2, -0.15) is 4.31 Å². The summed E-state index contributed by atoms with van der Waals surface area (Å²) in [5.41, 5.74) is 2.76. The van der Waals surface area contributed by atoms with Gasteiger partial charge in [-0.15, -0.1) is 0 Å². The van der Waals surface area contributed by atoms with Crippen LogP contribution in [0.2, 0.25) is 0 Å². The van der Waals surface area contributed by atoms with Crippen molar-refractivity contribution in [2.75, 3.05) is 33.3 Å². The molecule has 178 valence electrons. The summed E-state index contributed by atoms with van der Waals surface area (Å²) in [5, 5.41) is 2.83. The lowest BCUT2D eigenvalue weighted by atomic mass is 10.0. The Labute approximate surface area is 195 Å². The highest BCUT2D eigenvalue weighted by atomic mass is 32.2. The monoisotopic (exact) mass is 473 g/mol. The third-order valence-corrected chi connectivity index (χ3v) is 7.88. The average molecular weight is 474 g/mol. The number of methoxy groups -OCH3 is 1. The van der Waals surface area contributed by atoms with Crippen molar-refractivity contribution < 1.29 is 22.7 Å². The number of sulfonamides is 1. The first-order chi connectivity index (χ1) is 15.6. The molecule has 33 heavy (non-hydrogen) atoms. The summed E-state index contributed by atoms with van der Waals surface area (Å²) in [4.78, 5) is 26.6. The molecular weight excluding hydrogens is 442 g/mol. The smallest absolute Gasteiger partial charge is 0.243 e. The second-order valence-corrected chi connectivity index (χ2v) is 10.2. The van der Waals surface area contributed by atoms with Gasteiger partial charge in [0.2, 0.25) is 21.8 Å². The highest BCUT2D eigenvalue weighted by Gasteiger charge is 2.31. The van der Waals surface area contributed by atoms with E-state index in [0.717, 1.165) is 16.7 Å². The average Bonchev–Trinajstić information content (AvgIpc) is 2.80. The fourth-order valence-electron chi connectivity index (χ4n) is 3.84. The number of nitrogens with one attached hydrogen (secondary N) is 1. The van der Waals surface area contributed by atoms with E-state index in [1.807, 2.05) is 32.0 Å². The molecule has 0 bridgehead atoms. The van der Waals surface area contributed by atoms with E-state index in [1.54, 1.807) is 36.3 Å². The minimum Gasteiger partial charge on any atom is -0.497 e. The predicted molar refractivity (Wildman–Crippen MR) is 125 cm³/mol. The molecule has 1 heterocycles. The van der Waals surface area contributed by atoms with Crippen molar-refractivity contribution >= 4 is 21.8 Å². The summed E-state index contributed by atoms with van der Waals surface area (Å²) < 4.78 is 32.7. The zero-order valence-electron chi connectivity index (χ0n) is 19.5. The van der Waals surface area contributed by atoms with Crippen LogP contribution in [0.25, 0.3) is 0 Å². The molecule has 8 nitrogen and oxygen atoms in total. The van der Waals surface area contributed by atoms with Gasteiger partial charge in [-0.3, -0.25) is 9.59 Å². The molecule has 1 fully saturated rings. The van der Waals surface area contributed by atoms with E-state index in [-0.39, 0.29) is 36.2 Å². The predicted octanol–water partition coefficient (Wildman–Crippen LogP) is 2.41. The summed E-state index contributed by atoms with van der Waals surface area (Å²) in [6, 6.07) is 11.9. The molecule has 2 amide bonds. The number of amides is 2. The van der Waals surface area contributed by atoms with Gasteiger partial charge in [-0.25, -0.2) is 8.42 Å². The molecule has 1 aliphatic heterocycles. The fourth-order valence-corrected chi connectivity index (χ4v) is 5.35. The molecule has 0 saturated carbocycles. The molecular formula is C24H31N3O5S. The Morgan fingerprint density at radius 3 is 2.18 bits per heavy atom. The molecule has 1 atom stereocenters. The quantitative estimate of drug-likeness (QED) is 0.666. The van der Waals surface area contributed by atoms with Gasteiger partial charge in [0.05, 0.1) is 24.5 Å². The molecule has 2 aromatic carbocycles. The number of aryl methyl sites for hydroxylation is 2. The molecule has 1 aliphatic rings. The van der Waals surface area contributed by atoms with Crippen molar-refractivity contribution in [1.29, 1.82) is 0 Å². The number of carbonyl (C=O) groups excluding carboxylic acids is 2. The number of piperazine rings is 1. The van der Waals surface area contributed by atoms with Crippen LogP contribution in [0.3, 0.4) is 0 Å². The maximum Gasteiger partial charge on any atom is 0.243 e. The molecule has 2 aromatic rings. The molecule has 0 aliphatic carbocycles. The first-order valence-electron chi connectivity index (χ1n) is 10.9. The van der Waals surface area contributed by atoms with Crippen LogP contribution in [0.1, 0.15) is 36.1 Å². The van der Waals surface area contributed by atoms with Gasteiger partial charge in [-0.1, -0.05) is 18.2 Å². The SMILES string of the molecule is COc1ccc([C@H](CC(=O)N2CCN(S(=O)(=O)c3ccc(C)c(C)c3)CC2)NC(C)=O)cc1. The normalized spacial score (nSPS) is 15.7. The van der Waals surface area contributed by atoms with Gasteiger partial charge < -0.3 is 15.0 Å². The van der Waals surface area contributed by atoms with Crippen LogP contribution in [0, 0.1) is 13.8 Å². The Morgan fingerprint density at radius 1 is 1.00 bits per heavy atom.